The van der Waals surface area contributed by atoms with E-state index < -0.39 is 17.8 Å². The average Bonchev–Trinajstić information content (AvgIpc) is 3.18. The first-order valence-electron chi connectivity index (χ1n) is 17.5. The zero-order valence-electron chi connectivity index (χ0n) is 31.0. The third-order valence-electron chi connectivity index (χ3n) is 8.04. The van der Waals surface area contributed by atoms with Crippen molar-refractivity contribution < 1.29 is 19.2 Å². The molecule has 268 valence electrons. The summed E-state index contributed by atoms with van der Waals surface area (Å²) in [5.74, 6) is -2.98. The van der Waals surface area contributed by atoms with Gasteiger partial charge in [-0.25, -0.2) is 0 Å². The minimum atomic E-state index is -0.842. The van der Waals surface area contributed by atoms with E-state index in [-0.39, 0.29) is 36.0 Å². The van der Waals surface area contributed by atoms with E-state index in [1.54, 1.807) is 124 Å². The quantitative estimate of drug-likeness (QED) is 0.0448. The van der Waals surface area contributed by atoms with Gasteiger partial charge in [-0.15, -0.1) is 0 Å². The first-order chi connectivity index (χ1) is 25.1. The number of nitrogens with zero attached hydrogens (tertiary/aromatic N) is 2. The number of carbonyl (C=O) groups is 4. The van der Waals surface area contributed by atoms with E-state index in [1.165, 1.54) is 6.08 Å². The van der Waals surface area contributed by atoms with E-state index in [9.17, 15) is 29.7 Å². The molecule has 0 saturated carbocycles. The van der Waals surface area contributed by atoms with Crippen molar-refractivity contribution in [3.63, 3.8) is 0 Å². The number of hydrogen-bond donors (Lipinski definition) is 0. The van der Waals surface area contributed by atoms with Crippen molar-refractivity contribution in [2.75, 3.05) is 0 Å². The number of allylic oxidation sites excluding steroid dienone is 14. The second-order valence-corrected chi connectivity index (χ2v) is 11.6. The highest BCUT2D eigenvalue weighted by molar-refractivity contribution is 6.08. The Morgan fingerprint density at radius 2 is 1.48 bits per heavy atom. The van der Waals surface area contributed by atoms with E-state index in [1.807, 2.05) is 26.0 Å². The van der Waals surface area contributed by atoms with Gasteiger partial charge in [0.2, 0.25) is 0 Å². The molecule has 0 bridgehead atoms. The van der Waals surface area contributed by atoms with Crippen LogP contribution in [0, 0.1) is 34.5 Å². The number of benzene rings is 2. The predicted molar refractivity (Wildman–Crippen MR) is 211 cm³/mol. The van der Waals surface area contributed by atoms with Crippen molar-refractivity contribution >= 4 is 23.1 Å². The van der Waals surface area contributed by atoms with Crippen LogP contribution in [0.25, 0.3) is 0 Å². The summed E-state index contributed by atoms with van der Waals surface area (Å²) in [7, 11) is 0. The number of ketones is 4. The molecule has 0 fully saturated rings. The molecule has 0 aliphatic rings. The van der Waals surface area contributed by atoms with Gasteiger partial charge in [0.15, 0.2) is 17.3 Å². The number of hydrogen-bond acceptors (Lipinski definition) is 6. The van der Waals surface area contributed by atoms with Gasteiger partial charge in [-0.1, -0.05) is 137 Å². The van der Waals surface area contributed by atoms with E-state index in [2.05, 4.69) is 25.3 Å². The van der Waals surface area contributed by atoms with Crippen LogP contribution in [0.3, 0.4) is 0 Å². The zero-order valence-corrected chi connectivity index (χ0v) is 31.0. The van der Waals surface area contributed by atoms with Crippen LogP contribution in [0.5, 0.6) is 0 Å². The number of Topliss-reactive ketones (excluding diaryl/α,β-unsaturated/α-hetero) is 4. The van der Waals surface area contributed by atoms with Gasteiger partial charge in [0.1, 0.15) is 5.78 Å². The summed E-state index contributed by atoms with van der Waals surface area (Å²) >= 11 is 0. The Morgan fingerprint density at radius 1 is 0.827 bits per heavy atom. The molecule has 52 heavy (non-hydrogen) atoms. The number of rotatable bonds is 20. The maximum Gasteiger partial charge on any atom is 0.170 e. The molecule has 0 saturated heterocycles. The van der Waals surface area contributed by atoms with Crippen molar-refractivity contribution in [3.05, 3.63) is 168 Å². The fourth-order valence-corrected chi connectivity index (χ4v) is 5.27. The van der Waals surface area contributed by atoms with Crippen LogP contribution >= 0.6 is 0 Å². The van der Waals surface area contributed by atoms with E-state index in [4.69, 9.17) is 0 Å². The summed E-state index contributed by atoms with van der Waals surface area (Å²) in [5, 5.41) is 18.6. The molecule has 0 aliphatic carbocycles. The second-order valence-electron chi connectivity index (χ2n) is 11.6. The van der Waals surface area contributed by atoms with Gasteiger partial charge in [-0.3, -0.25) is 19.2 Å². The zero-order chi connectivity index (χ0) is 38.9. The molecule has 6 nitrogen and oxygen atoms in total. The summed E-state index contributed by atoms with van der Waals surface area (Å²) in [6.07, 6.45) is 18.8. The van der Waals surface area contributed by atoms with Gasteiger partial charge in [-0.2, -0.15) is 10.5 Å². The van der Waals surface area contributed by atoms with Gasteiger partial charge in [0.05, 0.1) is 23.6 Å². The van der Waals surface area contributed by atoms with Crippen LogP contribution in [0.1, 0.15) is 87.7 Å². The van der Waals surface area contributed by atoms with Gasteiger partial charge in [0.25, 0.3) is 0 Å². The minimum absolute atomic E-state index is 0.00399. The van der Waals surface area contributed by atoms with Crippen LogP contribution in [0.2, 0.25) is 0 Å². The summed E-state index contributed by atoms with van der Waals surface area (Å²) in [4.78, 5) is 54.4. The fourth-order valence-electron chi connectivity index (χ4n) is 5.27. The van der Waals surface area contributed by atoms with Crippen LogP contribution < -0.4 is 0 Å². The van der Waals surface area contributed by atoms with Crippen LogP contribution in [0.4, 0.5) is 0 Å². The van der Waals surface area contributed by atoms with Crippen LogP contribution in [-0.2, 0) is 14.4 Å². The summed E-state index contributed by atoms with van der Waals surface area (Å²) in [5.41, 5.74) is 2.80. The van der Waals surface area contributed by atoms with Gasteiger partial charge in [-0.05, 0) is 44.0 Å². The molecule has 0 radical (unpaired) electrons. The molecule has 3 unspecified atom stereocenters. The normalized spacial score (nSPS) is 13.7. The third-order valence-corrected chi connectivity index (χ3v) is 8.04. The summed E-state index contributed by atoms with van der Waals surface area (Å²) in [6, 6.07) is 19.6. The molecule has 0 aliphatic heterocycles. The molecule has 2 aromatic carbocycles. The highest BCUT2D eigenvalue weighted by Gasteiger charge is 2.28. The first kappa shape index (κ1) is 44.0. The first-order valence-corrected chi connectivity index (χ1v) is 17.5. The minimum Gasteiger partial charge on any atom is -0.299 e. The van der Waals surface area contributed by atoms with Crippen LogP contribution in [0.15, 0.2) is 151 Å². The number of nitriles is 2. The lowest BCUT2D eigenvalue weighted by molar-refractivity contribution is -0.125. The summed E-state index contributed by atoms with van der Waals surface area (Å²) in [6.45, 7) is 16.5. The molecule has 0 spiro atoms. The Balaban J connectivity index is 0.00000664. The van der Waals surface area contributed by atoms with Crippen molar-refractivity contribution in [2.24, 2.45) is 11.8 Å². The molecule has 3 atom stereocenters. The Morgan fingerprint density at radius 3 is 2.04 bits per heavy atom. The van der Waals surface area contributed by atoms with Crippen molar-refractivity contribution in [3.8, 4) is 12.1 Å². The van der Waals surface area contributed by atoms with E-state index in [0.29, 0.717) is 46.3 Å². The molecule has 0 aromatic heterocycles. The Bertz CT molecular complexity index is 1800. The predicted octanol–water partition coefficient (Wildman–Crippen LogP) is 10.5. The molecular weight excluding hydrogens is 645 g/mol. The lowest BCUT2D eigenvalue weighted by Crippen LogP contribution is -2.23. The molecule has 0 amide bonds. The van der Waals surface area contributed by atoms with Gasteiger partial charge < -0.3 is 0 Å². The Labute approximate surface area is 310 Å². The lowest BCUT2D eigenvalue weighted by atomic mass is 9.83. The number of carbonyl (C=O) groups excluding carboxylic acids is 4. The van der Waals surface area contributed by atoms with Gasteiger partial charge in [0, 0.05) is 53.4 Å². The topological polar surface area (TPSA) is 116 Å². The molecule has 0 N–H and O–H groups in total. The largest absolute Gasteiger partial charge is 0.299 e. The van der Waals surface area contributed by atoms with Gasteiger partial charge >= 0.3 is 0 Å². The maximum atomic E-state index is 14.1. The Hall–Kier alpha value is -5.98. The molecule has 2 rings (SSSR count). The smallest absolute Gasteiger partial charge is 0.170 e. The SMILES string of the molecule is C=C/C=C(/C#N)C/C=C\CC(CC(=O)c1ccccc1)C(=O)C(C)/C=C\C(=C/C)C(=O)C(CC(=O)C(/C=C\C)=C/C=C)c1ccc(C#N)cc1.CC. The maximum absolute atomic E-state index is 14.1. The molecule has 6 heteroatoms. The third kappa shape index (κ3) is 14.5. The summed E-state index contributed by atoms with van der Waals surface area (Å²) < 4.78 is 0. The van der Waals surface area contributed by atoms with E-state index in [0.717, 1.165) is 0 Å². The lowest BCUT2D eigenvalue weighted by Gasteiger charge is -2.18. The fraction of sp³-hybridized carbons (Fsp3) is 0.261. The standard InChI is InChI=1S/C44H44N2O4.C2H6/c1-6-15-33(30-45)18-13-14-21-39(28-41(47)38-19-11-10-12-20-38)43(49)32(5)22-25-35(9-4)44(50)40(36-26-23-34(31-46)24-27-36)29-42(48)37(16-7-2)17-8-3;1-2/h6-17,19-20,22-27,32,39-40H,1-2,18,21,28-29H2,3-5H3;1-2H3/b14-13-,17-8-,25-22-,33-15+,35-9+,37-16+;. The van der Waals surface area contributed by atoms with Crippen LogP contribution in [-0.4, -0.2) is 23.1 Å². The average molecular weight is 695 g/mol. The monoisotopic (exact) mass is 694 g/mol. The highest BCUT2D eigenvalue weighted by Crippen LogP contribution is 2.28. The Kier molecular flexibility index (Phi) is 21.2. The van der Waals surface area contributed by atoms with Crippen molar-refractivity contribution in [1.29, 1.82) is 10.5 Å². The second kappa shape index (κ2) is 25.0. The highest BCUT2D eigenvalue weighted by atomic mass is 16.1. The molecule has 2 aromatic rings. The molecule has 0 heterocycles. The van der Waals surface area contributed by atoms with E-state index >= 15 is 0 Å². The van der Waals surface area contributed by atoms with Crippen molar-refractivity contribution in [1.82, 2.24) is 0 Å². The molecular formula is C46H50N2O4. The van der Waals surface area contributed by atoms with Crippen molar-refractivity contribution in [2.45, 2.75) is 66.2 Å².